The van der Waals surface area contributed by atoms with Gasteiger partial charge in [0.15, 0.2) is 0 Å². The van der Waals surface area contributed by atoms with Crippen molar-refractivity contribution in [3.63, 3.8) is 0 Å². The maximum Gasteiger partial charge on any atom is 0.323 e. The van der Waals surface area contributed by atoms with Crippen molar-refractivity contribution in [2.24, 2.45) is 0 Å². The van der Waals surface area contributed by atoms with Gasteiger partial charge >= 0.3 is 6.03 Å². The second-order valence-corrected chi connectivity index (χ2v) is 5.14. The van der Waals surface area contributed by atoms with E-state index < -0.39 is 23.5 Å². The number of carbonyl (C=O) groups excluding carboxylic acids is 1. The van der Waals surface area contributed by atoms with Crippen molar-refractivity contribution >= 4 is 33.3 Å². The maximum atomic E-state index is 13.4. The predicted molar refractivity (Wildman–Crippen MR) is 77.8 cm³/mol. The van der Waals surface area contributed by atoms with E-state index in [0.717, 1.165) is 12.1 Å². The fourth-order valence-corrected chi connectivity index (χ4v) is 1.99. The van der Waals surface area contributed by atoms with E-state index in [1.165, 1.54) is 12.1 Å². The molecule has 0 aromatic heterocycles. The number of aryl methyl sites for hydroxylation is 1. The van der Waals surface area contributed by atoms with E-state index in [4.69, 9.17) is 0 Å². The summed E-state index contributed by atoms with van der Waals surface area (Å²) in [6.07, 6.45) is 0. The molecule has 0 saturated carbocycles. The Morgan fingerprint density at radius 1 is 1.00 bits per heavy atom. The summed E-state index contributed by atoms with van der Waals surface area (Å²) in [5.41, 5.74) is 0.710. The first-order valence-electron chi connectivity index (χ1n) is 5.85. The van der Waals surface area contributed by atoms with E-state index in [-0.39, 0.29) is 10.2 Å². The molecule has 2 aromatic rings. The lowest BCUT2D eigenvalue weighted by Gasteiger charge is -2.11. The van der Waals surface area contributed by atoms with Gasteiger partial charge in [-0.3, -0.25) is 0 Å². The third-order valence-electron chi connectivity index (χ3n) is 2.69. The van der Waals surface area contributed by atoms with Gasteiger partial charge in [0.25, 0.3) is 0 Å². The minimum Gasteiger partial charge on any atom is -0.307 e. The summed E-state index contributed by atoms with van der Waals surface area (Å²) in [7, 11) is 0. The zero-order valence-corrected chi connectivity index (χ0v) is 12.4. The number of benzene rings is 2. The Bertz CT molecular complexity index is 707. The fraction of sp³-hybridized carbons (Fsp3) is 0.0714. The van der Waals surface area contributed by atoms with Gasteiger partial charge in [0.2, 0.25) is 0 Å². The summed E-state index contributed by atoms with van der Waals surface area (Å²) in [6.45, 7) is 1.61. The second-order valence-electron chi connectivity index (χ2n) is 4.28. The number of halogens is 4. The number of rotatable bonds is 2. The van der Waals surface area contributed by atoms with E-state index in [1.807, 2.05) is 0 Å². The summed E-state index contributed by atoms with van der Waals surface area (Å²) in [4.78, 5) is 11.8. The van der Waals surface area contributed by atoms with Gasteiger partial charge in [-0.2, -0.15) is 0 Å². The molecule has 0 atom stereocenters. The lowest BCUT2D eigenvalue weighted by atomic mass is 10.2. The minimum atomic E-state index is -0.887. The van der Waals surface area contributed by atoms with Crippen LogP contribution in [0.1, 0.15) is 5.56 Å². The number of carbonyl (C=O) groups is 1. The molecule has 21 heavy (non-hydrogen) atoms. The molecule has 2 N–H and O–H groups in total. The van der Waals surface area contributed by atoms with E-state index >= 15 is 0 Å². The van der Waals surface area contributed by atoms with Crippen molar-refractivity contribution in [1.82, 2.24) is 0 Å². The summed E-state index contributed by atoms with van der Waals surface area (Å²) < 4.78 is 39.6. The van der Waals surface area contributed by atoms with Gasteiger partial charge in [0.05, 0.1) is 10.2 Å². The first kappa shape index (κ1) is 15.4. The number of hydrogen-bond acceptors (Lipinski definition) is 1. The molecule has 2 aromatic carbocycles. The lowest BCUT2D eigenvalue weighted by molar-refractivity contribution is 0.262. The Balaban J connectivity index is 2.13. The van der Waals surface area contributed by atoms with Crippen LogP contribution in [0.3, 0.4) is 0 Å². The number of urea groups is 1. The maximum absolute atomic E-state index is 13.4. The summed E-state index contributed by atoms with van der Waals surface area (Å²) in [6, 6.07) is 4.72. The average Bonchev–Trinajstić information content (AvgIpc) is 2.39. The molecule has 2 rings (SSSR count). The highest BCUT2D eigenvalue weighted by Crippen LogP contribution is 2.24. The van der Waals surface area contributed by atoms with Gasteiger partial charge in [-0.05, 0) is 52.7 Å². The fourth-order valence-electron chi connectivity index (χ4n) is 1.65. The van der Waals surface area contributed by atoms with E-state index in [2.05, 4.69) is 26.6 Å². The molecule has 0 aliphatic carbocycles. The largest absolute Gasteiger partial charge is 0.323 e. The lowest BCUT2D eigenvalue weighted by Crippen LogP contribution is -2.20. The third-order valence-corrected chi connectivity index (χ3v) is 3.30. The van der Waals surface area contributed by atoms with Crippen LogP contribution in [0.4, 0.5) is 29.3 Å². The van der Waals surface area contributed by atoms with Crippen LogP contribution in [0, 0.1) is 24.4 Å². The topological polar surface area (TPSA) is 41.1 Å². The van der Waals surface area contributed by atoms with Crippen LogP contribution in [-0.2, 0) is 0 Å². The molecule has 0 radical (unpaired) electrons. The Kier molecular flexibility index (Phi) is 4.52. The van der Waals surface area contributed by atoms with E-state index in [0.29, 0.717) is 17.3 Å². The molecule has 3 nitrogen and oxygen atoms in total. The highest BCUT2D eigenvalue weighted by molar-refractivity contribution is 9.10. The molecular weight excluding hydrogens is 349 g/mol. The first-order chi connectivity index (χ1) is 9.86. The zero-order valence-electron chi connectivity index (χ0n) is 10.8. The van der Waals surface area contributed by atoms with Crippen LogP contribution >= 0.6 is 15.9 Å². The average molecular weight is 359 g/mol. The number of hydrogen-bond donors (Lipinski definition) is 2. The van der Waals surface area contributed by atoms with Crippen LogP contribution in [0.25, 0.3) is 0 Å². The van der Waals surface area contributed by atoms with Gasteiger partial charge in [0.1, 0.15) is 17.5 Å². The van der Waals surface area contributed by atoms with Crippen LogP contribution < -0.4 is 10.6 Å². The molecule has 0 unspecified atom stereocenters. The van der Waals surface area contributed by atoms with Gasteiger partial charge in [-0.25, -0.2) is 18.0 Å². The normalized spacial score (nSPS) is 10.3. The van der Waals surface area contributed by atoms with Crippen molar-refractivity contribution in [3.05, 3.63) is 57.8 Å². The Labute approximate surface area is 127 Å². The SMILES string of the molecule is Cc1cc(F)c(Br)cc1NC(=O)Nc1ccc(F)cc1F. The smallest absolute Gasteiger partial charge is 0.307 e. The van der Waals surface area contributed by atoms with Gasteiger partial charge in [0, 0.05) is 11.8 Å². The van der Waals surface area contributed by atoms with Gasteiger partial charge in [-0.1, -0.05) is 0 Å². The molecule has 0 aliphatic rings. The predicted octanol–water partition coefficient (Wildman–Crippen LogP) is 4.82. The monoisotopic (exact) mass is 358 g/mol. The number of nitrogens with one attached hydrogen (secondary N) is 2. The standard InChI is InChI=1S/C14H10BrF3N2O/c1-7-4-10(17)9(15)6-13(7)20-14(21)19-12-3-2-8(16)5-11(12)18/h2-6H,1H3,(H2,19,20,21). The van der Waals surface area contributed by atoms with Crippen molar-refractivity contribution in [2.45, 2.75) is 6.92 Å². The molecule has 0 bridgehead atoms. The molecule has 0 heterocycles. The second kappa shape index (κ2) is 6.17. The summed E-state index contributed by atoms with van der Waals surface area (Å²) >= 11 is 3.01. The molecule has 0 saturated heterocycles. The Hall–Kier alpha value is -2.02. The van der Waals surface area contributed by atoms with Gasteiger partial charge < -0.3 is 10.6 Å². The number of anilines is 2. The van der Waals surface area contributed by atoms with Crippen molar-refractivity contribution in [3.8, 4) is 0 Å². The van der Waals surface area contributed by atoms with Crippen molar-refractivity contribution < 1.29 is 18.0 Å². The Morgan fingerprint density at radius 2 is 1.67 bits per heavy atom. The highest BCUT2D eigenvalue weighted by atomic mass is 79.9. The van der Waals surface area contributed by atoms with Crippen molar-refractivity contribution in [2.75, 3.05) is 10.6 Å². The van der Waals surface area contributed by atoms with Gasteiger partial charge in [-0.15, -0.1) is 0 Å². The molecular formula is C14H10BrF3N2O. The quantitative estimate of drug-likeness (QED) is 0.793. The molecule has 7 heteroatoms. The summed E-state index contributed by atoms with van der Waals surface area (Å²) in [5, 5.41) is 4.71. The molecule has 2 amide bonds. The highest BCUT2D eigenvalue weighted by Gasteiger charge is 2.11. The zero-order chi connectivity index (χ0) is 15.6. The number of amides is 2. The van der Waals surface area contributed by atoms with Crippen LogP contribution in [-0.4, -0.2) is 6.03 Å². The molecule has 110 valence electrons. The van der Waals surface area contributed by atoms with E-state index in [1.54, 1.807) is 6.92 Å². The Morgan fingerprint density at radius 3 is 2.33 bits per heavy atom. The van der Waals surface area contributed by atoms with Crippen LogP contribution in [0.2, 0.25) is 0 Å². The molecule has 0 aliphatic heterocycles. The van der Waals surface area contributed by atoms with Crippen LogP contribution in [0.15, 0.2) is 34.8 Å². The van der Waals surface area contributed by atoms with E-state index in [9.17, 15) is 18.0 Å². The molecule has 0 fully saturated rings. The van der Waals surface area contributed by atoms with Crippen LogP contribution in [0.5, 0.6) is 0 Å². The first-order valence-corrected chi connectivity index (χ1v) is 6.65. The molecule has 0 spiro atoms. The minimum absolute atomic E-state index is 0.160. The summed E-state index contributed by atoms with van der Waals surface area (Å²) in [5.74, 6) is -2.08. The van der Waals surface area contributed by atoms with Crippen molar-refractivity contribution in [1.29, 1.82) is 0 Å². The third kappa shape index (κ3) is 3.75.